The van der Waals surface area contributed by atoms with Gasteiger partial charge in [0, 0.05) is 6.20 Å². The molecule has 3 heteroatoms. The summed E-state index contributed by atoms with van der Waals surface area (Å²) in [5.74, 6) is 0. The molecule has 3 nitrogen and oxygen atoms in total. The van der Waals surface area contributed by atoms with E-state index >= 15 is 0 Å². The van der Waals surface area contributed by atoms with Crippen LogP contribution >= 0.6 is 0 Å². The Hall–Kier alpha value is -2.03. The summed E-state index contributed by atoms with van der Waals surface area (Å²) in [5, 5.41) is 0. The van der Waals surface area contributed by atoms with Gasteiger partial charge in [-0.25, -0.2) is 4.79 Å². The zero-order chi connectivity index (χ0) is 14.5. The van der Waals surface area contributed by atoms with E-state index in [1.807, 2.05) is 45.0 Å². The molecule has 1 aromatic rings. The highest BCUT2D eigenvalue weighted by atomic mass is 16.6. The van der Waals surface area contributed by atoms with Gasteiger partial charge < -0.3 is 4.74 Å². The Morgan fingerprint density at radius 2 is 1.95 bits per heavy atom. The fraction of sp³-hybridized carbons (Fsp3) is 0.312. The molecule has 0 aliphatic carbocycles. The van der Waals surface area contributed by atoms with Crippen molar-refractivity contribution in [2.24, 2.45) is 0 Å². The third-order valence-corrected chi connectivity index (χ3v) is 2.46. The molecule has 0 N–H and O–H groups in total. The minimum atomic E-state index is -0.518. The third kappa shape index (κ3) is 4.62. The molecule has 0 saturated heterocycles. The third-order valence-electron chi connectivity index (χ3n) is 2.46. The van der Waals surface area contributed by atoms with Gasteiger partial charge in [0.2, 0.25) is 0 Å². The largest absolute Gasteiger partial charge is 0.443 e. The topological polar surface area (TPSA) is 29.5 Å². The molecule has 102 valence electrons. The van der Waals surface area contributed by atoms with E-state index in [0.717, 1.165) is 11.1 Å². The Labute approximate surface area is 115 Å². The predicted octanol–water partition coefficient (Wildman–Crippen LogP) is 4.21. The van der Waals surface area contributed by atoms with E-state index < -0.39 is 11.7 Å². The number of carbonyl (C=O) groups excluding carboxylic acids is 1. The minimum absolute atomic E-state index is 0.402. The molecule has 0 bridgehead atoms. The van der Waals surface area contributed by atoms with Gasteiger partial charge >= 0.3 is 6.09 Å². The van der Waals surface area contributed by atoms with Gasteiger partial charge in [-0.05, 0) is 31.9 Å². The Morgan fingerprint density at radius 1 is 1.32 bits per heavy atom. The number of ether oxygens (including phenoxy) is 1. The van der Waals surface area contributed by atoms with Gasteiger partial charge in [-0.3, -0.25) is 4.90 Å². The van der Waals surface area contributed by atoms with E-state index in [4.69, 9.17) is 4.74 Å². The molecule has 1 aromatic carbocycles. The summed E-state index contributed by atoms with van der Waals surface area (Å²) >= 11 is 0. The highest BCUT2D eigenvalue weighted by molar-refractivity contribution is 5.69. The maximum absolute atomic E-state index is 12.0. The normalized spacial score (nSPS) is 10.7. The number of nitrogens with zero attached hydrogens (tertiary/aromatic N) is 1. The summed E-state index contributed by atoms with van der Waals surface area (Å²) in [5.41, 5.74) is 1.48. The summed E-state index contributed by atoms with van der Waals surface area (Å²) in [7, 11) is 0. The molecular weight excluding hydrogens is 238 g/mol. The van der Waals surface area contributed by atoms with Crippen LogP contribution < -0.4 is 0 Å². The zero-order valence-corrected chi connectivity index (χ0v) is 11.8. The van der Waals surface area contributed by atoms with Crippen LogP contribution in [0.25, 0.3) is 6.08 Å². The Morgan fingerprint density at radius 3 is 2.47 bits per heavy atom. The van der Waals surface area contributed by atoms with E-state index in [1.54, 1.807) is 6.08 Å². The first-order valence-electron chi connectivity index (χ1n) is 6.20. The van der Waals surface area contributed by atoms with Crippen LogP contribution in [0.1, 0.15) is 31.9 Å². The van der Waals surface area contributed by atoms with Crippen LogP contribution in [-0.2, 0) is 11.3 Å². The number of hydrogen-bond acceptors (Lipinski definition) is 2. The molecule has 0 unspecified atom stereocenters. The second kappa shape index (κ2) is 6.23. The van der Waals surface area contributed by atoms with Gasteiger partial charge in [-0.2, -0.15) is 0 Å². The van der Waals surface area contributed by atoms with Crippen molar-refractivity contribution in [1.29, 1.82) is 0 Å². The Balaban J connectivity index is 2.85. The van der Waals surface area contributed by atoms with Crippen molar-refractivity contribution in [1.82, 2.24) is 4.90 Å². The first-order chi connectivity index (χ1) is 8.87. The van der Waals surface area contributed by atoms with E-state index in [2.05, 4.69) is 13.2 Å². The lowest BCUT2D eigenvalue weighted by molar-refractivity contribution is 0.0324. The molecule has 0 radical (unpaired) electrons. The number of hydrogen-bond donors (Lipinski definition) is 0. The smallest absolute Gasteiger partial charge is 0.414 e. The molecule has 19 heavy (non-hydrogen) atoms. The van der Waals surface area contributed by atoms with E-state index in [-0.39, 0.29) is 0 Å². The highest BCUT2D eigenvalue weighted by Gasteiger charge is 2.20. The van der Waals surface area contributed by atoms with E-state index in [9.17, 15) is 4.79 Å². The summed E-state index contributed by atoms with van der Waals surface area (Å²) in [6.07, 6.45) is 2.85. The molecular formula is C16H21NO2. The van der Waals surface area contributed by atoms with Crippen LogP contribution in [-0.4, -0.2) is 16.6 Å². The van der Waals surface area contributed by atoms with Crippen LogP contribution in [0, 0.1) is 0 Å². The van der Waals surface area contributed by atoms with Crippen molar-refractivity contribution < 1.29 is 9.53 Å². The summed E-state index contributed by atoms with van der Waals surface area (Å²) < 4.78 is 5.33. The number of benzene rings is 1. The fourth-order valence-corrected chi connectivity index (χ4v) is 1.59. The molecule has 0 fully saturated rings. The predicted molar refractivity (Wildman–Crippen MR) is 78.5 cm³/mol. The maximum atomic E-state index is 12.0. The van der Waals surface area contributed by atoms with Crippen molar-refractivity contribution in [2.75, 3.05) is 0 Å². The molecule has 0 aromatic heterocycles. The summed E-state index contributed by atoms with van der Waals surface area (Å²) in [6.45, 7) is 13.4. The standard InChI is InChI=1S/C16H21NO2/c1-6-13-10-8-9-11-14(13)12-17(7-2)15(18)19-16(3,4)5/h6-11H,1-2,12H2,3-5H3. The van der Waals surface area contributed by atoms with Gasteiger partial charge in [-0.15, -0.1) is 0 Å². The molecule has 0 aliphatic heterocycles. The molecule has 0 aliphatic rings. The quantitative estimate of drug-likeness (QED) is 0.810. The Kier molecular flexibility index (Phi) is 4.93. The summed E-state index contributed by atoms with van der Waals surface area (Å²) in [6, 6.07) is 7.78. The van der Waals surface area contributed by atoms with Crippen molar-refractivity contribution in [3.05, 3.63) is 54.8 Å². The molecule has 1 rings (SSSR count). The van der Waals surface area contributed by atoms with Crippen molar-refractivity contribution in [3.63, 3.8) is 0 Å². The number of carbonyl (C=O) groups is 1. The van der Waals surface area contributed by atoms with Crippen molar-refractivity contribution >= 4 is 12.2 Å². The van der Waals surface area contributed by atoms with Gasteiger partial charge in [-0.1, -0.05) is 43.5 Å². The average Bonchev–Trinajstić information content (AvgIpc) is 2.34. The zero-order valence-electron chi connectivity index (χ0n) is 11.8. The SMILES string of the molecule is C=Cc1ccccc1CN(C=C)C(=O)OC(C)(C)C. The minimum Gasteiger partial charge on any atom is -0.443 e. The van der Waals surface area contributed by atoms with E-state index in [1.165, 1.54) is 11.1 Å². The van der Waals surface area contributed by atoms with Gasteiger partial charge in [0.15, 0.2) is 0 Å². The van der Waals surface area contributed by atoms with Gasteiger partial charge in [0.1, 0.15) is 5.60 Å². The van der Waals surface area contributed by atoms with Crippen LogP contribution in [0.2, 0.25) is 0 Å². The Bertz CT molecular complexity index is 472. The monoisotopic (exact) mass is 259 g/mol. The van der Waals surface area contributed by atoms with Crippen molar-refractivity contribution in [2.45, 2.75) is 32.9 Å². The first-order valence-corrected chi connectivity index (χ1v) is 6.20. The highest BCUT2D eigenvalue weighted by Crippen LogP contribution is 2.16. The molecule has 0 atom stereocenters. The molecule has 0 saturated carbocycles. The fourth-order valence-electron chi connectivity index (χ4n) is 1.59. The van der Waals surface area contributed by atoms with Crippen LogP contribution in [0.4, 0.5) is 4.79 Å². The maximum Gasteiger partial charge on any atom is 0.414 e. The lowest BCUT2D eigenvalue weighted by Crippen LogP contribution is -2.33. The lowest BCUT2D eigenvalue weighted by atomic mass is 10.1. The van der Waals surface area contributed by atoms with Crippen LogP contribution in [0.5, 0.6) is 0 Å². The number of amides is 1. The van der Waals surface area contributed by atoms with E-state index in [0.29, 0.717) is 6.54 Å². The van der Waals surface area contributed by atoms with Crippen LogP contribution in [0.3, 0.4) is 0 Å². The molecule has 1 amide bonds. The second-order valence-electron chi connectivity index (χ2n) is 5.19. The van der Waals surface area contributed by atoms with Gasteiger partial charge in [0.05, 0.1) is 6.54 Å². The van der Waals surface area contributed by atoms with Gasteiger partial charge in [0.25, 0.3) is 0 Å². The van der Waals surface area contributed by atoms with Crippen LogP contribution in [0.15, 0.2) is 43.6 Å². The first kappa shape index (κ1) is 15.0. The summed E-state index contributed by atoms with van der Waals surface area (Å²) in [4.78, 5) is 13.5. The lowest BCUT2D eigenvalue weighted by Gasteiger charge is -2.25. The van der Waals surface area contributed by atoms with Crippen molar-refractivity contribution in [3.8, 4) is 0 Å². The number of rotatable bonds is 4. The average molecular weight is 259 g/mol. The molecule has 0 spiro atoms. The second-order valence-corrected chi connectivity index (χ2v) is 5.19. The molecule has 0 heterocycles.